The van der Waals surface area contributed by atoms with Crippen molar-refractivity contribution in [2.45, 2.75) is 13.5 Å². The summed E-state index contributed by atoms with van der Waals surface area (Å²) in [5, 5.41) is 11.0. The van der Waals surface area contributed by atoms with Crippen molar-refractivity contribution in [3.05, 3.63) is 35.4 Å². The average Bonchev–Trinajstić information content (AvgIpc) is 2.36. The fourth-order valence-corrected chi connectivity index (χ4v) is 1.22. The molecule has 0 aromatic heterocycles. The summed E-state index contributed by atoms with van der Waals surface area (Å²) in [5.74, 6) is -1.85. The Morgan fingerprint density at radius 1 is 1.21 bits per heavy atom. The van der Waals surface area contributed by atoms with E-state index in [1.54, 1.807) is 24.3 Å². The Kier molecular flexibility index (Phi) is 5.49. The summed E-state index contributed by atoms with van der Waals surface area (Å²) in [6.07, 6.45) is 0. The van der Waals surface area contributed by atoms with Crippen molar-refractivity contribution in [3.8, 4) is 0 Å². The first kappa shape index (κ1) is 14.7. The van der Waals surface area contributed by atoms with Gasteiger partial charge in [-0.15, -0.1) is 0 Å². The van der Waals surface area contributed by atoms with E-state index in [2.05, 4.69) is 10.2 Å². The molecule has 1 rings (SSSR count). The quantitative estimate of drug-likeness (QED) is 0.632. The van der Waals surface area contributed by atoms with Crippen molar-refractivity contribution in [2.75, 3.05) is 6.61 Å². The first-order chi connectivity index (χ1) is 8.99. The molecule has 0 aliphatic rings. The number of aliphatic carboxylic acids is 1. The van der Waals surface area contributed by atoms with Crippen LogP contribution in [0.1, 0.15) is 22.8 Å². The van der Waals surface area contributed by atoms with E-state index in [0.717, 1.165) is 5.56 Å². The molecule has 7 heteroatoms. The van der Waals surface area contributed by atoms with Crippen LogP contribution in [0.25, 0.3) is 0 Å². The topological polar surface area (TPSA) is 105 Å². The van der Waals surface area contributed by atoms with Crippen LogP contribution in [0.5, 0.6) is 0 Å². The van der Waals surface area contributed by atoms with Crippen LogP contribution in [0.2, 0.25) is 0 Å². The molecular weight excluding hydrogens is 252 g/mol. The van der Waals surface area contributed by atoms with Crippen LogP contribution in [0.15, 0.2) is 24.3 Å². The molecule has 7 nitrogen and oxygen atoms in total. The van der Waals surface area contributed by atoms with Crippen LogP contribution >= 0.6 is 0 Å². The van der Waals surface area contributed by atoms with Gasteiger partial charge in [0.2, 0.25) is 5.91 Å². The molecule has 102 valence electrons. The summed E-state index contributed by atoms with van der Waals surface area (Å²) in [6.45, 7) is 1.20. The van der Waals surface area contributed by atoms with E-state index in [1.165, 1.54) is 6.92 Å². The lowest BCUT2D eigenvalue weighted by Gasteiger charge is -2.05. The molecule has 0 atom stereocenters. The van der Waals surface area contributed by atoms with Gasteiger partial charge in [0.15, 0.2) is 6.61 Å². The smallest absolute Gasteiger partial charge is 0.332 e. The molecule has 19 heavy (non-hydrogen) atoms. The van der Waals surface area contributed by atoms with Gasteiger partial charge in [-0.3, -0.25) is 14.4 Å². The Hall–Kier alpha value is -2.41. The molecule has 0 bridgehead atoms. The molecule has 0 aliphatic heterocycles. The van der Waals surface area contributed by atoms with E-state index in [9.17, 15) is 14.4 Å². The lowest BCUT2D eigenvalue weighted by Crippen LogP contribution is -2.26. The number of carbonyl (C=O) groups excluding carboxylic acids is 2. The van der Waals surface area contributed by atoms with Crippen molar-refractivity contribution in [2.24, 2.45) is 0 Å². The Bertz CT molecular complexity index is 470. The van der Waals surface area contributed by atoms with Crippen LogP contribution in [0, 0.1) is 0 Å². The van der Waals surface area contributed by atoms with Gasteiger partial charge in [-0.05, 0) is 17.7 Å². The zero-order valence-electron chi connectivity index (χ0n) is 10.3. The second kappa shape index (κ2) is 7.12. The summed E-state index contributed by atoms with van der Waals surface area (Å²) >= 11 is 0. The predicted molar refractivity (Wildman–Crippen MR) is 65.0 cm³/mol. The Balaban J connectivity index is 2.48. The highest BCUT2D eigenvalue weighted by Gasteiger charge is 2.06. The lowest BCUT2D eigenvalue weighted by atomic mass is 10.1. The molecule has 0 saturated heterocycles. The summed E-state index contributed by atoms with van der Waals surface area (Å²) in [4.78, 5) is 36.9. The number of hydrogen-bond donors (Lipinski definition) is 3. The minimum atomic E-state index is -1.18. The molecule has 0 radical (unpaired) electrons. The van der Waals surface area contributed by atoms with Crippen LogP contribution < -0.4 is 10.8 Å². The molecule has 0 heterocycles. The number of hydroxylamine groups is 1. The van der Waals surface area contributed by atoms with Crippen LogP contribution in [-0.2, 0) is 21.0 Å². The SMILES string of the molecule is CC(=O)NCc1ccc(C(=O)NOCC(=O)O)cc1. The van der Waals surface area contributed by atoms with E-state index in [4.69, 9.17) is 5.11 Å². The van der Waals surface area contributed by atoms with Gasteiger partial charge in [-0.25, -0.2) is 10.3 Å². The minimum Gasteiger partial charge on any atom is -0.479 e. The number of hydrogen-bond acceptors (Lipinski definition) is 4. The Morgan fingerprint density at radius 2 is 1.84 bits per heavy atom. The van der Waals surface area contributed by atoms with Crippen molar-refractivity contribution in [1.29, 1.82) is 0 Å². The second-order valence-electron chi connectivity index (χ2n) is 3.72. The number of benzene rings is 1. The first-order valence-corrected chi connectivity index (χ1v) is 5.46. The number of carboxylic acid groups (broad SMARTS) is 1. The number of carbonyl (C=O) groups is 3. The minimum absolute atomic E-state index is 0.135. The zero-order valence-corrected chi connectivity index (χ0v) is 10.3. The van der Waals surface area contributed by atoms with E-state index in [1.807, 2.05) is 5.48 Å². The third-order valence-corrected chi connectivity index (χ3v) is 2.12. The molecular formula is C12H14N2O5. The fourth-order valence-electron chi connectivity index (χ4n) is 1.22. The van der Waals surface area contributed by atoms with Gasteiger partial charge < -0.3 is 10.4 Å². The first-order valence-electron chi connectivity index (χ1n) is 5.46. The standard InChI is InChI=1S/C12H14N2O5/c1-8(15)13-6-9-2-4-10(5-3-9)12(18)14-19-7-11(16)17/h2-5H,6-7H2,1H3,(H,13,15)(H,14,18)(H,16,17). The third kappa shape index (κ3) is 5.64. The fraction of sp³-hybridized carbons (Fsp3) is 0.250. The molecule has 1 aromatic carbocycles. The maximum absolute atomic E-state index is 11.5. The van der Waals surface area contributed by atoms with E-state index in [-0.39, 0.29) is 5.91 Å². The van der Waals surface area contributed by atoms with Crippen LogP contribution in [0.4, 0.5) is 0 Å². The van der Waals surface area contributed by atoms with E-state index >= 15 is 0 Å². The highest BCUT2D eigenvalue weighted by molar-refractivity contribution is 5.93. The predicted octanol–water partition coefficient (Wildman–Crippen LogP) is 0.0687. The molecule has 0 fully saturated rings. The maximum atomic E-state index is 11.5. The van der Waals surface area contributed by atoms with Gasteiger partial charge in [0.05, 0.1) is 0 Å². The number of amides is 2. The van der Waals surface area contributed by atoms with E-state index in [0.29, 0.717) is 12.1 Å². The number of nitrogens with one attached hydrogen (secondary N) is 2. The van der Waals surface area contributed by atoms with Gasteiger partial charge in [-0.2, -0.15) is 0 Å². The summed E-state index contributed by atoms with van der Waals surface area (Å²) in [5.41, 5.74) is 3.19. The van der Waals surface area contributed by atoms with Gasteiger partial charge in [-0.1, -0.05) is 12.1 Å². The summed E-state index contributed by atoms with van der Waals surface area (Å²) in [6, 6.07) is 6.47. The van der Waals surface area contributed by atoms with E-state index < -0.39 is 18.5 Å². The molecule has 0 spiro atoms. The van der Waals surface area contributed by atoms with Crippen LogP contribution in [-0.4, -0.2) is 29.5 Å². The highest BCUT2D eigenvalue weighted by atomic mass is 16.7. The largest absolute Gasteiger partial charge is 0.479 e. The van der Waals surface area contributed by atoms with Crippen molar-refractivity contribution in [1.82, 2.24) is 10.8 Å². The molecule has 0 unspecified atom stereocenters. The number of carboxylic acids is 1. The number of rotatable bonds is 6. The van der Waals surface area contributed by atoms with Crippen molar-refractivity contribution < 1.29 is 24.3 Å². The van der Waals surface area contributed by atoms with Gasteiger partial charge in [0.25, 0.3) is 5.91 Å². The Morgan fingerprint density at radius 3 is 2.37 bits per heavy atom. The van der Waals surface area contributed by atoms with Gasteiger partial charge in [0.1, 0.15) is 0 Å². The zero-order chi connectivity index (χ0) is 14.3. The van der Waals surface area contributed by atoms with Crippen molar-refractivity contribution in [3.63, 3.8) is 0 Å². The molecule has 0 saturated carbocycles. The van der Waals surface area contributed by atoms with Crippen LogP contribution in [0.3, 0.4) is 0 Å². The van der Waals surface area contributed by atoms with Gasteiger partial charge >= 0.3 is 5.97 Å². The summed E-state index contributed by atoms with van der Waals surface area (Å²) in [7, 11) is 0. The monoisotopic (exact) mass is 266 g/mol. The lowest BCUT2D eigenvalue weighted by molar-refractivity contribution is -0.144. The Labute approximate surface area is 109 Å². The highest BCUT2D eigenvalue weighted by Crippen LogP contribution is 2.04. The average molecular weight is 266 g/mol. The molecule has 2 amide bonds. The molecule has 0 aliphatic carbocycles. The maximum Gasteiger partial charge on any atom is 0.332 e. The summed E-state index contributed by atoms with van der Waals surface area (Å²) < 4.78 is 0. The van der Waals surface area contributed by atoms with Gasteiger partial charge in [0, 0.05) is 19.0 Å². The third-order valence-electron chi connectivity index (χ3n) is 2.12. The molecule has 3 N–H and O–H groups in total. The second-order valence-corrected chi connectivity index (χ2v) is 3.72. The molecule has 1 aromatic rings. The van der Waals surface area contributed by atoms with Crippen molar-refractivity contribution >= 4 is 17.8 Å². The normalized spacial score (nSPS) is 9.74.